The second-order valence-electron chi connectivity index (χ2n) is 6.75. The molecule has 0 N–H and O–H groups in total. The lowest BCUT2D eigenvalue weighted by atomic mass is 10.0. The Kier molecular flexibility index (Phi) is 5.68. The molecule has 29 heavy (non-hydrogen) atoms. The highest BCUT2D eigenvalue weighted by molar-refractivity contribution is 6.07. The van der Waals surface area contributed by atoms with E-state index in [0.717, 1.165) is 16.5 Å². The van der Waals surface area contributed by atoms with Gasteiger partial charge in [0, 0.05) is 25.6 Å². The number of nitrogens with zero attached hydrogens (tertiary/aromatic N) is 2. The summed E-state index contributed by atoms with van der Waals surface area (Å²) < 4.78 is 10.8. The zero-order valence-corrected chi connectivity index (χ0v) is 16.2. The highest BCUT2D eigenvalue weighted by atomic mass is 16.5. The van der Waals surface area contributed by atoms with Crippen LogP contribution >= 0.6 is 0 Å². The number of para-hydroxylation sites is 1. The molecule has 0 fully saturated rings. The van der Waals surface area contributed by atoms with E-state index in [1.807, 2.05) is 77.7 Å². The molecule has 0 spiro atoms. The Bertz CT molecular complexity index is 1090. The van der Waals surface area contributed by atoms with E-state index in [1.54, 1.807) is 13.4 Å². The third kappa shape index (κ3) is 4.20. The molecule has 146 valence electrons. The zero-order valence-electron chi connectivity index (χ0n) is 16.2. The first-order valence-corrected chi connectivity index (χ1v) is 9.52. The quantitative estimate of drug-likeness (QED) is 0.458. The smallest absolute Gasteiger partial charge is 0.255 e. The van der Waals surface area contributed by atoms with E-state index in [4.69, 9.17) is 9.15 Å². The van der Waals surface area contributed by atoms with Crippen LogP contribution in [0.3, 0.4) is 0 Å². The van der Waals surface area contributed by atoms with Crippen LogP contribution in [0.2, 0.25) is 0 Å². The van der Waals surface area contributed by atoms with Crippen molar-refractivity contribution in [2.24, 2.45) is 0 Å². The molecule has 0 aliphatic heterocycles. The van der Waals surface area contributed by atoms with Crippen LogP contribution in [0.5, 0.6) is 0 Å². The number of amides is 1. The first kappa shape index (κ1) is 18.9. The first-order chi connectivity index (χ1) is 14.3. The van der Waals surface area contributed by atoms with Crippen LogP contribution in [0, 0.1) is 0 Å². The summed E-state index contributed by atoms with van der Waals surface area (Å²) in [4.78, 5) is 20.1. The largest absolute Gasteiger partial charge is 0.463 e. The van der Waals surface area contributed by atoms with E-state index in [-0.39, 0.29) is 5.91 Å². The fourth-order valence-electron chi connectivity index (χ4n) is 3.33. The van der Waals surface area contributed by atoms with Gasteiger partial charge in [-0.2, -0.15) is 0 Å². The molecule has 4 aromatic rings. The maximum Gasteiger partial charge on any atom is 0.255 e. The summed E-state index contributed by atoms with van der Waals surface area (Å²) in [5.41, 5.74) is 3.08. The van der Waals surface area contributed by atoms with Gasteiger partial charge >= 0.3 is 0 Å². The summed E-state index contributed by atoms with van der Waals surface area (Å²) >= 11 is 0. The van der Waals surface area contributed by atoms with Crippen LogP contribution in [0.4, 0.5) is 0 Å². The Morgan fingerprint density at radius 3 is 2.59 bits per heavy atom. The van der Waals surface area contributed by atoms with Crippen LogP contribution in [0.25, 0.3) is 22.4 Å². The van der Waals surface area contributed by atoms with Crippen LogP contribution in [-0.4, -0.2) is 36.1 Å². The number of carbonyl (C=O) groups is 1. The van der Waals surface area contributed by atoms with Crippen molar-refractivity contribution in [2.45, 2.75) is 6.54 Å². The van der Waals surface area contributed by atoms with Crippen LogP contribution in [-0.2, 0) is 11.3 Å². The molecule has 0 bridgehead atoms. The fourth-order valence-corrected chi connectivity index (χ4v) is 3.33. The van der Waals surface area contributed by atoms with Gasteiger partial charge in [0.25, 0.3) is 5.91 Å². The minimum Gasteiger partial charge on any atom is -0.463 e. The summed E-state index contributed by atoms with van der Waals surface area (Å²) in [6.07, 6.45) is 1.61. The maximum atomic E-state index is 13.6. The van der Waals surface area contributed by atoms with E-state index < -0.39 is 0 Å². The third-order valence-corrected chi connectivity index (χ3v) is 4.79. The van der Waals surface area contributed by atoms with Gasteiger partial charge < -0.3 is 14.1 Å². The van der Waals surface area contributed by atoms with Crippen molar-refractivity contribution in [1.82, 2.24) is 9.88 Å². The summed E-state index contributed by atoms with van der Waals surface area (Å²) in [6, 6.07) is 23.1. The van der Waals surface area contributed by atoms with Gasteiger partial charge in [-0.05, 0) is 29.8 Å². The van der Waals surface area contributed by atoms with Crippen molar-refractivity contribution in [2.75, 3.05) is 20.3 Å². The van der Waals surface area contributed by atoms with Gasteiger partial charge in [0.05, 0.1) is 24.0 Å². The summed E-state index contributed by atoms with van der Waals surface area (Å²) in [5, 5.41) is 0.822. The molecule has 0 saturated carbocycles. The standard InChI is InChI=1S/C24H22N2O3/c1-28-15-13-26(17-18-8-3-2-4-9-18)24(27)20-16-22(23-12-7-14-29-23)25-21-11-6-5-10-19(20)21/h2-12,14,16H,13,15,17H2,1H3. The first-order valence-electron chi connectivity index (χ1n) is 9.52. The maximum absolute atomic E-state index is 13.6. The number of aromatic nitrogens is 1. The topological polar surface area (TPSA) is 55.6 Å². The van der Waals surface area contributed by atoms with Crippen LogP contribution in [0.1, 0.15) is 15.9 Å². The highest BCUT2D eigenvalue weighted by Gasteiger charge is 2.20. The molecule has 2 aromatic carbocycles. The molecule has 0 aliphatic carbocycles. The molecule has 5 nitrogen and oxygen atoms in total. The fraction of sp³-hybridized carbons (Fsp3) is 0.167. The van der Waals surface area contributed by atoms with E-state index in [1.165, 1.54) is 0 Å². The number of carbonyl (C=O) groups excluding carboxylic acids is 1. The average molecular weight is 386 g/mol. The molecule has 2 aromatic heterocycles. The van der Waals surface area contributed by atoms with Gasteiger partial charge in [-0.25, -0.2) is 4.98 Å². The molecule has 2 heterocycles. The number of benzene rings is 2. The molecule has 5 heteroatoms. The van der Waals surface area contributed by atoms with Crippen molar-refractivity contribution in [3.63, 3.8) is 0 Å². The molecule has 0 unspecified atom stereocenters. The van der Waals surface area contributed by atoms with E-state index >= 15 is 0 Å². The predicted octanol–water partition coefficient (Wildman–Crippen LogP) is 4.78. The van der Waals surface area contributed by atoms with Gasteiger partial charge in [0.2, 0.25) is 0 Å². The highest BCUT2D eigenvalue weighted by Crippen LogP contribution is 2.26. The number of hydrogen-bond donors (Lipinski definition) is 0. The van der Waals surface area contributed by atoms with Crippen molar-refractivity contribution < 1.29 is 13.9 Å². The Hall–Kier alpha value is -3.44. The number of ether oxygens (including phenoxy) is 1. The molecule has 0 atom stereocenters. The minimum atomic E-state index is -0.0580. The summed E-state index contributed by atoms with van der Waals surface area (Å²) in [6.45, 7) is 1.47. The molecular formula is C24H22N2O3. The molecule has 0 aliphatic rings. The van der Waals surface area contributed by atoms with Crippen molar-refractivity contribution in [1.29, 1.82) is 0 Å². The molecule has 0 radical (unpaired) electrons. The normalized spacial score (nSPS) is 10.9. The lowest BCUT2D eigenvalue weighted by Gasteiger charge is -2.23. The SMILES string of the molecule is COCCN(Cc1ccccc1)C(=O)c1cc(-c2ccco2)nc2ccccc12. The van der Waals surface area contributed by atoms with Crippen molar-refractivity contribution >= 4 is 16.8 Å². The average Bonchev–Trinajstić information content (AvgIpc) is 3.31. The Morgan fingerprint density at radius 1 is 1.03 bits per heavy atom. The van der Waals surface area contributed by atoms with E-state index in [0.29, 0.717) is 36.7 Å². The number of hydrogen-bond acceptors (Lipinski definition) is 4. The number of methoxy groups -OCH3 is 1. The van der Waals surface area contributed by atoms with Crippen LogP contribution in [0.15, 0.2) is 83.5 Å². The Morgan fingerprint density at radius 2 is 1.83 bits per heavy atom. The van der Waals surface area contributed by atoms with Crippen molar-refractivity contribution in [3.05, 3.63) is 90.2 Å². The Labute approximate surface area is 169 Å². The number of pyridine rings is 1. The number of furan rings is 1. The molecule has 4 rings (SSSR count). The second-order valence-corrected chi connectivity index (χ2v) is 6.75. The minimum absolute atomic E-state index is 0.0580. The summed E-state index contributed by atoms with van der Waals surface area (Å²) in [7, 11) is 1.64. The second kappa shape index (κ2) is 8.71. The van der Waals surface area contributed by atoms with Gasteiger partial charge in [0.1, 0.15) is 5.69 Å². The predicted molar refractivity (Wildman–Crippen MR) is 113 cm³/mol. The Balaban J connectivity index is 1.76. The van der Waals surface area contributed by atoms with E-state index in [2.05, 4.69) is 4.98 Å². The van der Waals surface area contributed by atoms with Crippen molar-refractivity contribution in [3.8, 4) is 11.5 Å². The summed E-state index contributed by atoms with van der Waals surface area (Å²) in [5.74, 6) is 0.577. The van der Waals surface area contributed by atoms with E-state index in [9.17, 15) is 4.79 Å². The zero-order chi connectivity index (χ0) is 20.1. The molecule has 0 saturated heterocycles. The molecular weight excluding hydrogens is 364 g/mol. The lowest BCUT2D eigenvalue weighted by molar-refractivity contribution is 0.0682. The lowest BCUT2D eigenvalue weighted by Crippen LogP contribution is -2.33. The third-order valence-electron chi connectivity index (χ3n) is 4.79. The monoisotopic (exact) mass is 386 g/mol. The van der Waals surface area contributed by atoms with Gasteiger partial charge in [-0.3, -0.25) is 4.79 Å². The van der Waals surface area contributed by atoms with Gasteiger partial charge in [-0.1, -0.05) is 48.5 Å². The van der Waals surface area contributed by atoms with Gasteiger partial charge in [-0.15, -0.1) is 0 Å². The number of rotatable bonds is 7. The number of fused-ring (bicyclic) bond motifs is 1. The molecule has 1 amide bonds. The van der Waals surface area contributed by atoms with Gasteiger partial charge in [0.15, 0.2) is 5.76 Å². The van der Waals surface area contributed by atoms with Crippen LogP contribution < -0.4 is 0 Å².